The van der Waals surface area contributed by atoms with E-state index in [4.69, 9.17) is 5.21 Å². The first kappa shape index (κ1) is 8.74. The summed E-state index contributed by atoms with van der Waals surface area (Å²) in [5.41, 5.74) is 0.829. The highest BCUT2D eigenvalue weighted by Gasteiger charge is 2.00. The van der Waals surface area contributed by atoms with Gasteiger partial charge in [-0.3, -0.25) is 0 Å². The van der Waals surface area contributed by atoms with Crippen molar-refractivity contribution in [2.45, 2.75) is 0 Å². The second-order valence-electron chi connectivity index (χ2n) is 1.88. The molecule has 0 aromatic heterocycles. The average molecular weight is 279 g/mol. The zero-order chi connectivity index (χ0) is 8.27. The van der Waals surface area contributed by atoms with E-state index in [1.54, 1.807) is 0 Å². The van der Waals surface area contributed by atoms with Crippen LogP contribution in [0.25, 0.3) is 0 Å². The van der Waals surface area contributed by atoms with Crippen molar-refractivity contribution >= 4 is 38.1 Å². The predicted molar refractivity (Wildman–Crippen MR) is 51.2 cm³/mol. The van der Waals surface area contributed by atoms with Gasteiger partial charge >= 0.3 is 0 Å². The van der Waals surface area contributed by atoms with E-state index in [1.165, 1.54) is 6.21 Å². The van der Waals surface area contributed by atoms with Crippen molar-refractivity contribution in [3.05, 3.63) is 32.7 Å². The van der Waals surface area contributed by atoms with Crippen molar-refractivity contribution in [2.75, 3.05) is 0 Å². The highest BCUT2D eigenvalue weighted by Crippen LogP contribution is 2.22. The number of halogens is 2. The fraction of sp³-hybridized carbons (Fsp3) is 0. The minimum atomic E-state index is 0.829. The maximum atomic E-state index is 8.30. The van der Waals surface area contributed by atoms with Crippen molar-refractivity contribution in [3.8, 4) is 0 Å². The largest absolute Gasteiger partial charge is 0.411 e. The Kier molecular flexibility index (Phi) is 3.08. The fourth-order valence-electron chi connectivity index (χ4n) is 0.692. The predicted octanol–water partition coefficient (Wildman–Crippen LogP) is 3.02. The van der Waals surface area contributed by atoms with Crippen LogP contribution in [-0.4, -0.2) is 11.4 Å². The summed E-state index contributed by atoms with van der Waals surface area (Å²) in [5.74, 6) is 0. The van der Waals surface area contributed by atoms with Crippen molar-refractivity contribution in [1.29, 1.82) is 0 Å². The Morgan fingerprint density at radius 2 is 1.82 bits per heavy atom. The molecule has 1 rings (SSSR count). The summed E-state index contributed by atoms with van der Waals surface area (Å²) in [5, 5.41) is 11.2. The van der Waals surface area contributed by atoms with E-state index in [-0.39, 0.29) is 0 Å². The summed E-state index contributed by atoms with van der Waals surface area (Å²) in [6.07, 6.45) is 1.37. The number of oxime groups is 1. The maximum absolute atomic E-state index is 8.30. The molecular formula is C7H5Br2NO. The first-order chi connectivity index (χ1) is 5.25. The first-order valence-electron chi connectivity index (χ1n) is 2.87. The van der Waals surface area contributed by atoms with Gasteiger partial charge in [-0.05, 0) is 12.1 Å². The van der Waals surface area contributed by atoms with Crippen LogP contribution in [0.2, 0.25) is 0 Å². The number of nitrogens with zero attached hydrogens (tertiary/aromatic N) is 1. The lowest BCUT2D eigenvalue weighted by Crippen LogP contribution is -1.84. The van der Waals surface area contributed by atoms with E-state index in [9.17, 15) is 0 Å². The lowest BCUT2D eigenvalue weighted by atomic mass is 10.2. The molecule has 0 aliphatic carbocycles. The molecule has 2 nitrogen and oxygen atoms in total. The summed E-state index contributed by atoms with van der Waals surface area (Å²) < 4.78 is 1.79. The van der Waals surface area contributed by atoms with E-state index in [2.05, 4.69) is 37.0 Å². The van der Waals surface area contributed by atoms with Crippen LogP contribution in [0.5, 0.6) is 0 Å². The van der Waals surface area contributed by atoms with E-state index in [0.717, 1.165) is 14.5 Å². The lowest BCUT2D eigenvalue weighted by Gasteiger charge is -1.98. The van der Waals surface area contributed by atoms with Gasteiger partial charge in [0.2, 0.25) is 0 Å². The molecule has 0 unspecified atom stereocenters. The molecule has 0 amide bonds. The molecule has 0 aliphatic rings. The first-order valence-corrected chi connectivity index (χ1v) is 4.45. The molecule has 4 heteroatoms. The second-order valence-corrected chi connectivity index (χ2v) is 3.59. The van der Waals surface area contributed by atoms with Gasteiger partial charge in [0.15, 0.2) is 0 Å². The molecule has 0 bridgehead atoms. The van der Waals surface area contributed by atoms with Crippen LogP contribution in [0.3, 0.4) is 0 Å². The zero-order valence-electron chi connectivity index (χ0n) is 5.46. The monoisotopic (exact) mass is 277 g/mol. The third kappa shape index (κ3) is 2.04. The quantitative estimate of drug-likeness (QED) is 0.478. The Labute approximate surface area is 81.2 Å². The van der Waals surface area contributed by atoms with Gasteiger partial charge in [0, 0.05) is 14.5 Å². The molecule has 0 atom stereocenters. The van der Waals surface area contributed by atoms with Gasteiger partial charge in [-0.1, -0.05) is 43.1 Å². The minimum Gasteiger partial charge on any atom is -0.411 e. The van der Waals surface area contributed by atoms with Gasteiger partial charge in [0.25, 0.3) is 0 Å². The summed E-state index contributed by atoms with van der Waals surface area (Å²) in [4.78, 5) is 0. The molecule has 1 aromatic carbocycles. The Bertz CT molecular complexity index is 266. The lowest BCUT2D eigenvalue weighted by molar-refractivity contribution is 0.322. The summed E-state index contributed by atoms with van der Waals surface area (Å²) in [6.45, 7) is 0. The third-order valence-electron chi connectivity index (χ3n) is 1.19. The van der Waals surface area contributed by atoms with Gasteiger partial charge in [0.05, 0.1) is 6.21 Å². The molecule has 1 aromatic rings. The Morgan fingerprint density at radius 1 is 1.27 bits per heavy atom. The Balaban J connectivity index is 3.20. The molecule has 58 valence electrons. The highest BCUT2D eigenvalue weighted by atomic mass is 79.9. The molecule has 0 saturated heterocycles. The Hall–Kier alpha value is -0.350. The summed E-state index contributed by atoms with van der Waals surface area (Å²) >= 11 is 6.63. The van der Waals surface area contributed by atoms with Gasteiger partial charge < -0.3 is 5.21 Å². The molecule has 0 radical (unpaired) electrons. The molecular weight excluding hydrogens is 274 g/mol. The highest BCUT2D eigenvalue weighted by molar-refractivity contribution is 9.11. The maximum Gasteiger partial charge on any atom is 0.0756 e. The van der Waals surface area contributed by atoms with E-state index < -0.39 is 0 Å². The average Bonchev–Trinajstić information content (AvgIpc) is 1.97. The van der Waals surface area contributed by atoms with Crippen LogP contribution in [0.15, 0.2) is 32.3 Å². The van der Waals surface area contributed by atoms with Crippen molar-refractivity contribution in [1.82, 2.24) is 0 Å². The molecule has 0 heterocycles. The van der Waals surface area contributed by atoms with Crippen molar-refractivity contribution in [3.63, 3.8) is 0 Å². The molecule has 0 saturated carbocycles. The summed E-state index contributed by atoms with van der Waals surface area (Å²) in [6, 6.07) is 5.65. The van der Waals surface area contributed by atoms with Crippen LogP contribution < -0.4 is 0 Å². The molecule has 0 aliphatic heterocycles. The summed E-state index contributed by atoms with van der Waals surface area (Å²) in [7, 11) is 0. The van der Waals surface area contributed by atoms with Crippen LogP contribution in [-0.2, 0) is 0 Å². The van der Waals surface area contributed by atoms with Crippen LogP contribution >= 0.6 is 31.9 Å². The number of rotatable bonds is 1. The van der Waals surface area contributed by atoms with Crippen LogP contribution in [0, 0.1) is 0 Å². The molecule has 11 heavy (non-hydrogen) atoms. The van der Waals surface area contributed by atoms with Gasteiger partial charge in [-0.25, -0.2) is 0 Å². The Morgan fingerprint density at radius 3 is 2.27 bits per heavy atom. The van der Waals surface area contributed by atoms with Gasteiger partial charge in [0.1, 0.15) is 0 Å². The molecule has 1 N–H and O–H groups in total. The van der Waals surface area contributed by atoms with Crippen molar-refractivity contribution < 1.29 is 5.21 Å². The SMILES string of the molecule is O/N=C\c1c(Br)cccc1Br. The second kappa shape index (κ2) is 3.88. The van der Waals surface area contributed by atoms with Crippen molar-refractivity contribution in [2.24, 2.45) is 5.16 Å². The van der Waals surface area contributed by atoms with Crippen LogP contribution in [0.4, 0.5) is 0 Å². The van der Waals surface area contributed by atoms with Gasteiger partial charge in [-0.15, -0.1) is 0 Å². The number of hydrogen-bond donors (Lipinski definition) is 1. The zero-order valence-corrected chi connectivity index (χ0v) is 8.63. The van der Waals surface area contributed by atoms with Gasteiger partial charge in [-0.2, -0.15) is 0 Å². The standard InChI is InChI=1S/C7H5Br2NO/c8-6-2-1-3-7(9)5(6)4-10-11/h1-4,11H/b10-4-. The topological polar surface area (TPSA) is 32.6 Å². The smallest absolute Gasteiger partial charge is 0.0756 e. The number of hydrogen-bond acceptors (Lipinski definition) is 2. The van der Waals surface area contributed by atoms with E-state index in [0.29, 0.717) is 0 Å². The fourth-order valence-corrected chi connectivity index (χ4v) is 1.89. The normalized spacial score (nSPS) is 10.7. The van der Waals surface area contributed by atoms with E-state index >= 15 is 0 Å². The number of benzene rings is 1. The third-order valence-corrected chi connectivity index (χ3v) is 2.57. The minimum absolute atomic E-state index is 0.829. The van der Waals surface area contributed by atoms with E-state index in [1.807, 2.05) is 18.2 Å². The molecule has 0 spiro atoms. The molecule has 0 fully saturated rings. The van der Waals surface area contributed by atoms with Crippen LogP contribution in [0.1, 0.15) is 5.56 Å².